The molecule has 0 amide bonds. The normalized spacial score (nSPS) is 12.6. The molecule has 0 spiro atoms. The highest BCUT2D eigenvalue weighted by atomic mass is 16.5. The van der Waals surface area contributed by atoms with Crippen molar-refractivity contribution < 1.29 is 34.4 Å². The smallest absolute Gasteiger partial charge is 0.414 e. The summed E-state index contributed by atoms with van der Waals surface area (Å²) in [5, 5.41) is 14.8. The van der Waals surface area contributed by atoms with E-state index in [4.69, 9.17) is 29.0 Å². The van der Waals surface area contributed by atoms with Crippen LogP contribution in [-0.4, -0.2) is 58.8 Å². The van der Waals surface area contributed by atoms with E-state index < -0.39 is 11.9 Å². The van der Waals surface area contributed by atoms with Crippen molar-refractivity contribution >= 4 is 11.9 Å². The molecule has 1 aromatic heterocycles. The van der Waals surface area contributed by atoms with Gasteiger partial charge in [-0.2, -0.15) is 0 Å². The molecule has 0 aliphatic carbocycles. The Balaban J connectivity index is 0.000000516. The molecule has 4 aromatic rings. The Morgan fingerprint density at radius 3 is 1.87 bits per heavy atom. The van der Waals surface area contributed by atoms with Gasteiger partial charge in [-0.05, 0) is 49.2 Å². The Bertz CT molecular complexity index is 1280. The third-order valence-corrected chi connectivity index (χ3v) is 6.11. The fourth-order valence-electron chi connectivity index (χ4n) is 4.29. The highest BCUT2D eigenvalue weighted by molar-refractivity contribution is 6.27. The molecule has 0 saturated carbocycles. The number of ether oxygens (including phenoxy) is 1. The van der Waals surface area contributed by atoms with Crippen molar-refractivity contribution in [1.29, 1.82) is 0 Å². The van der Waals surface area contributed by atoms with Crippen LogP contribution in [0.1, 0.15) is 12.8 Å². The van der Waals surface area contributed by atoms with E-state index in [0.29, 0.717) is 0 Å². The van der Waals surface area contributed by atoms with Crippen LogP contribution in [0.4, 0.5) is 0 Å². The number of furan rings is 1. The standard InChI is InChI=1S/C28H27NO2.C2H2O4.H2O/c1-3-9-23(10-4-1)27-26(21-31-28(27)24-11-5-2-6-12-24)22-13-15-25(16-14-22)30-20-19-29-17-7-8-18-29;3-1(4)2(5)6;/h1-6,9-16,21H,7-8,17-20H2;(H,3,4)(H,5,6);1H2. The van der Waals surface area contributed by atoms with Gasteiger partial charge in [0.1, 0.15) is 18.1 Å². The summed E-state index contributed by atoms with van der Waals surface area (Å²) in [5.74, 6) is -1.84. The van der Waals surface area contributed by atoms with E-state index >= 15 is 0 Å². The van der Waals surface area contributed by atoms with E-state index in [1.807, 2.05) is 30.5 Å². The maximum atomic E-state index is 9.10. The molecular weight excluding hydrogens is 486 g/mol. The molecule has 2 heterocycles. The van der Waals surface area contributed by atoms with Crippen molar-refractivity contribution in [2.24, 2.45) is 0 Å². The summed E-state index contributed by atoms with van der Waals surface area (Å²) in [6.45, 7) is 4.14. The topological polar surface area (TPSA) is 132 Å². The number of rotatable bonds is 7. The molecule has 198 valence electrons. The van der Waals surface area contributed by atoms with Crippen molar-refractivity contribution in [1.82, 2.24) is 4.90 Å². The fraction of sp³-hybridized carbons (Fsp3) is 0.200. The van der Waals surface area contributed by atoms with Gasteiger partial charge in [-0.25, -0.2) is 9.59 Å². The maximum Gasteiger partial charge on any atom is 0.414 e. The lowest BCUT2D eigenvalue weighted by Crippen LogP contribution is -2.25. The summed E-state index contributed by atoms with van der Waals surface area (Å²) in [6.07, 6.45) is 4.50. The highest BCUT2D eigenvalue weighted by Gasteiger charge is 2.18. The lowest BCUT2D eigenvalue weighted by atomic mass is 9.94. The van der Waals surface area contributed by atoms with E-state index in [0.717, 1.165) is 52.5 Å². The van der Waals surface area contributed by atoms with Crippen LogP contribution >= 0.6 is 0 Å². The van der Waals surface area contributed by atoms with Crippen LogP contribution in [0, 0.1) is 0 Å². The van der Waals surface area contributed by atoms with E-state index in [1.54, 1.807) is 0 Å². The largest absolute Gasteiger partial charge is 0.492 e. The quantitative estimate of drug-likeness (QED) is 0.327. The number of carbonyl (C=O) groups is 2. The minimum absolute atomic E-state index is 0. The summed E-state index contributed by atoms with van der Waals surface area (Å²) in [4.78, 5) is 20.7. The molecule has 5 rings (SSSR count). The molecule has 3 aromatic carbocycles. The monoisotopic (exact) mass is 517 g/mol. The van der Waals surface area contributed by atoms with Crippen molar-refractivity contribution in [2.45, 2.75) is 12.8 Å². The van der Waals surface area contributed by atoms with E-state index in [-0.39, 0.29) is 5.48 Å². The van der Waals surface area contributed by atoms with Gasteiger partial charge >= 0.3 is 11.9 Å². The van der Waals surface area contributed by atoms with Gasteiger partial charge in [0.25, 0.3) is 0 Å². The lowest BCUT2D eigenvalue weighted by molar-refractivity contribution is -0.159. The molecule has 0 radical (unpaired) electrons. The van der Waals surface area contributed by atoms with Crippen molar-refractivity contribution in [2.75, 3.05) is 26.2 Å². The molecule has 0 unspecified atom stereocenters. The average Bonchev–Trinajstić information content (AvgIpc) is 3.61. The summed E-state index contributed by atoms with van der Waals surface area (Å²) in [6, 6.07) is 29.1. The van der Waals surface area contributed by atoms with Crippen LogP contribution in [0.5, 0.6) is 5.75 Å². The molecule has 1 saturated heterocycles. The molecule has 1 fully saturated rings. The molecule has 8 nitrogen and oxygen atoms in total. The zero-order chi connectivity index (χ0) is 26.0. The molecule has 1 aliphatic rings. The first kappa shape index (κ1) is 28.2. The minimum atomic E-state index is -1.82. The number of carboxylic acid groups (broad SMARTS) is 2. The van der Waals surface area contributed by atoms with Crippen molar-refractivity contribution in [3.8, 4) is 39.3 Å². The predicted molar refractivity (Wildman–Crippen MR) is 145 cm³/mol. The van der Waals surface area contributed by atoms with E-state index in [2.05, 4.69) is 65.6 Å². The Morgan fingerprint density at radius 1 is 0.763 bits per heavy atom. The van der Waals surface area contributed by atoms with Gasteiger partial charge in [0, 0.05) is 23.2 Å². The first-order chi connectivity index (χ1) is 18.0. The third-order valence-electron chi connectivity index (χ3n) is 6.11. The number of aliphatic carboxylic acids is 2. The van der Waals surface area contributed by atoms with E-state index in [9.17, 15) is 0 Å². The molecule has 4 N–H and O–H groups in total. The lowest BCUT2D eigenvalue weighted by Gasteiger charge is -2.15. The van der Waals surface area contributed by atoms with Gasteiger partial charge in [0.05, 0.1) is 6.26 Å². The Hall–Kier alpha value is -4.40. The Labute approximate surface area is 221 Å². The number of hydrogen-bond acceptors (Lipinski definition) is 5. The molecular formula is C30H31NO7. The van der Waals surface area contributed by atoms with Gasteiger partial charge in [-0.1, -0.05) is 72.8 Å². The predicted octanol–water partition coefficient (Wildman–Crippen LogP) is 5.09. The first-order valence-electron chi connectivity index (χ1n) is 12.2. The highest BCUT2D eigenvalue weighted by Crippen LogP contribution is 2.41. The third kappa shape index (κ3) is 7.32. The Morgan fingerprint density at radius 2 is 1.32 bits per heavy atom. The zero-order valence-electron chi connectivity index (χ0n) is 20.9. The van der Waals surface area contributed by atoms with Gasteiger partial charge in [-0.3, -0.25) is 4.90 Å². The number of benzene rings is 3. The molecule has 1 aliphatic heterocycles. The van der Waals surface area contributed by atoms with Gasteiger partial charge in [0.2, 0.25) is 0 Å². The summed E-state index contributed by atoms with van der Waals surface area (Å²) >= 11 is 0. The van der Waals surface area contributed by atoms with Crippen LogP contribution < -0.4 is 4.74 Å². The SMILES string of the molecule is O.O=C(O)C(=O)O.c1ccc(-c2occ(-c3ccc(OCCN4CCCC4)cc3)c2-c2ccccc2)cc1. The van der Waals surface area contributed by atoms with Crippen LogP contribution in [0.3, 0.4) is 0 Å². The molecule has 8 heteroatoms. The Kier molecular flexibility index (Phi) is 10.2. The summed E-state index contributed by atoms with van der Waals surface area (Å²) in [7, 11) is 0. The second kappa shape index (κ2) is 13.8. The van der Waals surface area contributed by atoms with E-state index in [1.165, 1.54) is 25.9 Å². The number of carboxylic acids is 2. The number of nitrogens with zero attached hydrogens (tertiary/aromatic N) is 1. The minimum Gasteiger partial charge on any atom is -0.492 e. The first-order valence-corrected chi connectivity index (χ1v) is 12.2. The van der Waals surface area contributed by atoms with Crippen LogP contribution in [0.15, 0.2) is 95.6 Å². The van der Waals surface area contributed by atoms with Crippen molar-refractivity contribution in [3.63, 3.8) is 0 Å². The van der Waals surface area contributed by atoms with Crippen LogP contribution in [0.2, 0.25) is 0 Å². The summed E-state index contributed by atoms with van der Waals surface area (Å²) < 4.78 is 12.1. The van der Waals surface area contributed by atoms with Gasteiger partial charge in [-0.15, -0.1) is 0 Å². The summed E-state index contributed by atoms with van der Waals surface area (Å²) in [5.41, 5.74) is 5.56. The fourth-order valence-corrected chi connectivity index (χ4v) is 4.29. The second-order valence-electron chi connectivity index (χ2n) is 8.62. The molecule has 38 heavy (non-hydrogen) atoms. The van der Waals surface area contributed by atoms with Crippen LogP contribution in [0.25, 0.3) is 33.6 Å². The molecule has 0 atom stereocenters. The van der Waals surface area contributed by atoms with Gasteiger partial charge in [0.15, 0.2) is 0 Å². The van der Waals surface area contributed by atoms with Crippen molar-refractivity contribution in [3.05, 3.63) is 91.2 Å². The molecule has 0 bridgehead atoms. The average molecular weight is 518 g/mol. The van der Waals surface area contributed by atoms with Gasteiger partial charge < -0.3 is 24.8 Å². The second-order valence-corrected chi connectivity index (χ2v) is 8.62. The van der Waals surface area contributed by atoms with Crippen LogP contribution in [-0.2, 0) is 9.59 Å². The maximum absolute atomic E-state index is 9.10. The zero-order valence-corrected chi connectivity index (χ0v) is 20.9. The number of hydrogen-bond donors (Lipinski definition) is 2. The number of likely N-dealkylation sites (tertiary alicyclic amines) is 1.